The molecule has 2 fully saturated rings. The molecule has 1 aliphatic carbocycles. The lowest BCUT2D eigenvalue weighted by Gasteiger charge is -2.49. The fraction of sp³-hybridized carbons (Fsp3) is 0.250. The second-order valence-corrected chi connectivity index (χ2v) is 13.1. The van der Waals surface area contributed by atoms with E-state index in [2.05, 4.69) is 0 Å². The van der Waals surface area contributed by atoms with Crippen molar-refractivity contribution in [2.75, 3.05) is 4.90 Å². The Kier molecular flexibility index (Phi) is 6.91. The van der Waals surface area contributed by atoms with E-state index >= 15 is 8.78 Å². The fourth-order valence-corrected chi connectivity index (χ4v) is 8.07. The van der Waals surface area contributed by atoms with Crippen LogP contribution in [0.15, 0.2) is 63.7 Å². The Bertz CT molecular complexity index is 2230. The number of hydrogen-bond donors (Lipinski definition) is 1. The van der Waals surface area contributed by atoms with Crippen molar-refractivity contribution in [3.63, 3.8) is 0 Å². The quantitative estimate of drug-likeness (QED) is 0.0805. The smallest absolute Gasteiger partial charge is 0.352 e. The molecule has 0 spiro atoms. The van der Waals surface area contributed by atoms with E-state index in [1.807, 2.05) is 0 Å². The Morgan fingerprint density at radius 1 is 0.812 bits per heavy atom. The second-order valence-electron chi connectivity index (χ2n) is 11.9. The highest BCUT2D eigenvalue weighted by Gasteiger charge is 2.76. The van der Waals surface area contributed by atoms with Gasteiger partial charge < -0.3 is 5.11 Å². The standard InChI is InChI=1S/C32H21Cl2F5N4O5/c1-13-10-15(11-14(2)26(13)44)19-17-8-9-40-29(47)41(16-6-4-3-5-7-16)30(48)43(40)18(17)12-31(33)27(45)42(28(46)32(19,31)34)25-23(38)21(36)20(35)22(37)24(25)39/h3-8,10-11,18-19,44H,9,12H2,1-2H3. The molecule has 1 N–H and O–H groups in total. The van der Waals surface area contributed by atoms with Gasteiger partial charge in [-0.15, -0.1) is 23.2 Å². The minimum atomic E-state index is -2.69. The largest absolute Gasteiger partial charge is 0.507 e. The van der Waals surface area contributed by atoms with Crippen molar-refractivity contribution in [1.82, 2.24) is 13.9 Å². The van der Waals surface area contributed by atoms with Crippen molar-refractivity contribution >= 4 is 40.7 Å². The van der Waals surface area contributed by atoms with Gasteiger partial charge in [0, 0.05) is 12.3 Å². The molecule has 4 atom stereocenters. The van der Waals surface area contributed by atoms with Gasteiger partial charge in [-0.25, -0.2) is 50.4 Å². The number of amides is 2. The maximum absolute atomic E-state index is 15.2. The van der Waals surface area contributed by atoms with Crippen LogP contribution in [0.25, 0.3) is 5.69 Å². The van der Waals surface area contributed by atoms with Gasteiger partial charge in [0.1, 0.15) is 11.4 Å². The molecule has 7 rings (SSSR count). The highest BCUT2D eigenvalue weighted by molar-refractivity contribution is 6.58. The van der Waals surface area contributed by atoms with Crippen LogP contribution in [0.5, 0.6) is 5.75 Å². The Balaban J connectivity index is 1.51. The van der Waals surface area contributed by atoms with Crippen molar-refractivity contribution in [2.45, 2.75) is 48.5 Å². The number of phenolic OH excluding ortho intramolecular Hbond substituents is 1. The van der Waals surface area contributed by atoms with Crippen molar-refractivity contribution in [3.8, 4) is 11.4 Å². The number of hydrogen-bond acceptors (Lipinski definition) is 5. The summed E-state index contributed by atoms with van der Waals surface area (Å²) in [4.78, 5) is 50.5. The van der Waals surface area contributed by atoms with E-state index in [0.29, 0.717) is 11.1 Å². The number of allylic oxidation sites excluding steroid dienone is 2. The molecule has 16 heteroatoms. The summed E-state index contributed by atoms with van der Waals surface area (Å²) in [7, 11) is 0. The highest BCUT2D eigenvalue weighted by Crippen LogP contribution is 2.64. The number of aromatic nitrogens is 3. The Hall–Kier alpha value is -4.69. The molecule has 48 heavy (non-hydrogen) atoms. The first-order chi connectivity index (χ1) is 22.6. The van der Waals surface area contributed by atoms with E-state index in [1.54, 1.807) is 18.2 Å². The van der Waals surface area contributed by atoms with Gasteiger partial charge in [0.2, 0.25) is 5.82 Å². The third-order valence-electron chi connectivity index (χ3n) is 9.35. The van der Waals surface area contributed by atoms with E-state index < -0.39 is 86.1 Å². The van der Waals surface area contributed by atoms with Gasteiger partial charge in [-0.3, -0.25) is 9.59 Å². The van der Waals surface area contributed by atoms with Crippen LogP contribution in [-0.4, -0.2) is 40.6 Å². The van der Waals surface area contributed by atoms with Gasteiger partial charge in [-0.1, -0.05) is 36.4 Å². The van der Waals surface area contributed by atoms with Gasteiger partial charge in [0.15, 0.2) is 33.0 Å². The third kappa shape index (κ3) is 3.83. The molecule has 248 valence electrons. The average Bonchev–Trinajstić information content (AvgIpc) is 3.40. The Labute approximate surface area is 276 Å². The minimum absolute atomic E-state index is 0.119. The zero-order valence-corrected chi connectivity index (χ0v) is 26.2. The Morgan fingerprint density at radius 3 is 1.96 bits per heavy atom. The first-order valence-corrected chi connectivity index (χ1v) is 15.1. The van der Waals surface area contributed by atoms with Crippen molar-refractivity contribution in [2.24, 2.45) is 0 Å². The summed E-state index contributed by atoms with van der Waals surface area (Å²) in [6.45, 7) is 2.83. The summed E-state index contributed by atoms with van der Waals surface area (Å²) in [6, 6.07) is 9.49. The monoisotopic (exact) mass is 706 g/mol. The normalized spacial score (nSPS) is 24.8. The number of carbonyl (C=O) groups is 2. The highest BCUT2D eigenvalue weighted by atomic mass is 35.5. The van der Waals surface area contributed by atoms with Crippen molar-refractivity contribution in [1.29, 1.82) is 0 Å². The summed E-state index contributed by atoms with van der Waals surface area (Å²) in [5.41, 5.74) is -2.29. The van der Waals surface area contributed by atoms with Crippen LogP contribution < -0.4 is 16.3 Å². The number of aryl methyl sites for hydroxylation is 2. The molecule has 4 aromatic rings. The number of para-hydroxylation sites is 1. The molecule has 3 heterocycles. The molecule has 9 nitrogen and oxygen atoms in total. The molecule has 3 aliphatic rings. The first kappa shape index (κ1) is 31.9. The number of fused-ring (bicyclic) bond motifs is 4. The molecule has 1 saturated heterocycles. The van der Waals surface area contributed by atoms with Crippen molar-refractivity contribution < 1.29 is 36.6 Å². The van der Waals surface area contributed by atoms with Crippen LogP contribution in [0.2, 0.25) is 0 Å². The van der Waals surface area contributed by atoms with E-state index in [-0.39, 0.29) is 34.0 Å². The zero-order chi connectivity index (χ0) is 34.8. The number of anilines is 1. The molecular formula is C32H21Cl2F5N4O5. The number of alkyl halides is 2. The number of nitrogens with zero attached hydrogens (tertiary/aromatic N) is 4. The fourth-order valence-electron chi connectivity index (χ4n) is 7.16. The number of benzene rings is 3. The lowest BCUT2D eigenvalue weighted by Crippen LogP contribution is -2.59. The second kappa shape index (κ2) is 10.4. The molecule has 3 aromatic carbocycles. The maximum atomic E-state index is 15.2. The summed E-state index contributed by atoms with van der Waals surface area (Å²) in [6.07, 6.45) is 0.785. The summed E-state index contributed by atoms with van der Waals surface area (Å²) < 4.78 is 76.1. The van der Waals surface area contributed by atoms with Crippen LogP contribution >= 0.6 is 23.2 Å². The summed E-state index contributed by atoms with van der Waals surface area (Å²) in [5, 5.41) is 10.5. The van der Waals surface area contributed by atoms with Crippen LogP contribution in [0.3, 0.4) is 0 Å². The molecule has 1 saturated carbocycles. The van der Waals surface area contributed by atoms with E-state index in [0.717, 1.165) is 13.9 Å². The first-order valence-electron chi connectivity index (χ1n) is 14.4. The van der Waals surface area contributed by atoms with Gasteiger partial charge in [-0.05, 0) is 48.2 Å². The van der Waals surface area contributed by atoms with Gasteiger partial charge in [0.25, 0.3) is 11.8 Å². The maximum Gasteiger partial charge on any atom is 0.352 e. The average molecular weight is 707 g/mol. The number of carbonyl (C=O) groups excluding carboxylic acids is 2. The van der Waals surface area contributed by atoms with E-state index in [9.17, 15) is 37.5 Å². The van der Waals surface area contributed by atoms with Crippen LogP contribution in [0.4, 0.5) is 27.6 Å². The minimum Gasteiger partial charge on any atom is -0.507 e. The molecular weight excluding hydrogens is 686 g/mol. The van der Waals surface area contributed by atoms with Crippen LogP contribution in [-0.2, 0) is 16.1 Å². The molecule has 1 aromatic heterocycles. The topological polar surface area (TPSA) is 107 Å². The molecule has 0 bridgehead atoms. The van der Waals surface area contributed by atoms with E-state index in [4.69, 9.17) is 23.2 Å². The number of halogens is 7. The Morgan fingerprint density at radius 2 is 1.38 bits per heavy atom. The predicted octanol–water partition coefficient (Wildman–Crippen LogP) is 5.02. The van der Waals surface area contributed by atoms with Gasteiger partial charge in [0.05, 0.1) is 18.3 Å². The number of imide groups is 1. The predicted molar refractivity (Wildman–Crippen MR) is 162 cm³/mol. The van der Waals surface area contributed by atoms with Crippen molar-refractivity contribution in [3.05, 3.63) is 121 Å². The van der Waals surface area contributed by atoms with Crippen LogP contribution in [0, 0.1) is 42.9 Å². The van der Waals surface area contributed by atoms with Gasteiger partial charge in [-0.2, -0.15) is 0 Å². The van der Waals surface area contributed by atoms with Crippen LogP contribution in [0.1, 0.15) is 35.1 Å². The number of phenols is 1. The zero-order valence-electron chi connectivity index (χ0n) is 24.7. The lowest BCUT2D eigenvalue weighted by atomic mass is 9.64. The number of aromatic hydroxyl groups is 1. The SMILES string of the molecule is Cc1cc(C2C3=CCn4c(=O)n(-c5ccccc5)c(=O)n4C3CC3(Cl)C(=O)N(c4c(F)c(F)c(F)c(F)c4F)C(=O)C23Cl)cc(C)c1O. The molecule has 4 unspecified atom stereocenters. The third-order valence-corrected chi connectivity index (χ3v) is 10.8. The molecule has 2 amide bonds. The molecule has 0 radical (unpaired) electrons. The lowest BCUT2D eigenvalue weighted by molar-refractivity contribution is -0.122. The summed E-state index contributed by atoms with van der Waals surface area (Å²) in [5.74, 6) is -17.1. The number of rotatable bonds is 3. The molecule has 2 aliphatic heterocycles. The summed E-state index contributed by atoms with van der Waals surface area (Å²) >= 11 is 14.2. The van der Waals surface area contributed by atoms with Gasteiger partial charge >= 0.3 is 11.4 Å². The van der Waals surface area contributed by atoms with E-state index in [1.165, 1.54) is 44.2 Å².